The van der Waals surface area contributed by atoms with E-state index in [0.29, 0.717) is 28.7 Å². The second kappa shape index (κ2) is 5.60. The second-order valence-electron chi connectivity index (χ2n) is 5.90. The molecule has 1 aliphatic rings. The van der Waals surface area contributed by atoms with Gasteiger partial charge in [0.05, 0.1) is 11.3 Å². The normalized spacial score (nSPS) is 13.8. The molecule has 4 rings (SSSR count). The molecule has 0 saturated carbocycles. The third kappa shape index (κ3) is 2.29. The van der Waals surface area contributed by atoms with Crippen LogP contribution in [-0.4, -0.2) is 17.4 Å². The van der Waals surface area contributed by atoms with Gasteiger partial charge in [-0.3, -0.25) is 9.59 Å². The van der Waals surface area contributed by atoms with Crippen LogP contribution in [0.2, 0.25) is 0 Å². The van der Waals surface area contributed by atoms with E-state index in [1.165, 1.54) is 17.0 Å². The van der Waals surface area contributed by atoms with Crippen LogP contribution in [-0.2, 0) is 6.42 Å². The number of aromatic nitrogens is 1. The van der Waals surface area contributed by atoms with Crippen molar-refractivity contribution in [2.45, 2.75) is 12.8 Å². The Labute approximate surface area is 137 Å². The van der Waals surface area contributed by atoms with Crippen molar-refractivity contribution in [1.29, 1.82) is 0 Å². The van der Waals surface area contributed by atoms with Gasteiger partial charge < -0.3 is 9.88 Å². The highest BCUT2D eigenvalue weighted by Crippen LogP contribution is 2.31. The maximum atomic E-state index is 14.3. The molecule has 0 spiro atoms. The van der Waals surface area contributed by atoms with E-state index in [9.17, 15) is 14.0 Å². The monoisotopic (exact) mass is 322 g/mol. The molecule has 0 radical (unpaired) electrons. The smallest absolute Gasteiger partial charge is 0.259 e. The topological polar surface area (TPSA) is 53.2 Å². The van der Waals surface area contributed by atoms with Gasteiger partial charge in [-0.2, -0.15) is 0 Å². The summed E-state index contributed by atoms with van der Waals surface area (Å²) in [7, 11) is 0. The first kappa shape index (κ1) is 14.6. The highest BCUT2D eigenvalue weighted by Gasteiger charge is 2.27. The number of aromatic amines is 1. The molecular formula is C19H15FN2O2. The van der Waals surface area contributed by atoms with Crippen molar-refractivity contribution in [3.8, 4) is 0 Å². The molecule has 4 nitrogen and oxygen atoms in total. The first-order valence-electron chi connectivity index (χ1n) is 7.86. The van der Waals surface area contributed by atoms with Crippen molar-refractivity contribution >= 4 is 22.5 Å². The minimum absolute atomic E-state index is 0.297. The summed E-state index contributed by atoms with van der Waals surface area (Å²) in [6.45, 7) is 0.438. The van der Waals surface area contributed by atoms with Gasteiger partial charge in [0.2, 0.25) is 5.56 Å². The Morgan fingerprint density at radius 2 is 1.96 bits per heavy atom. The van der Waals surface area contributed by atoms with E-state index in [1.54, 1.807) is 24.3 Å². The summed E-state index contributed by atoms with van der Waals surface area (Å²) in [4.78, 5) is 29.2. The lowest BCUT2D eigenvalue weighted by molar-refractivity contribution is 0.0985. The number of amides is 1. The van der Waals surface area contributed by atoms with Gasteiger partial charge in [-0.05, 0) is 30.5 Å². The van der Waals surface area contributed by atoms with Gasteiger partial charge in [0.15, 0.2) is 0 Å². The molecular weight excluding hydrogens is 307 g/mol. The molecule has 0 bridgehead atoms. The summed E-state index contributed by atoms with van der Waals surface area (Å²) in [6.07, 6.45) is 1.51. The van der Waals surface area contributed by atoms with Gasteiger partial charge in [0.25, 0.3) is 5.91 Å². The third-order valence-electron chi connectivity index (χ3n) is 4.39. The number of H-pyrrole nitrogens is 1. The first-order valence-corrected chi connectivity index (χ1v) is 7.86. The minimum Gasteiger partial charge on any atom is -0.322 e. The quantitative estimate of drug-likeness (QED) is 0.747. The molecule has 0 aliphatic carbocycles. The molecule has 1 aromatic heterocycles. The molecule has 0 unspecified atom stereocenters. The zero-order valence-electron chi connectivity index (χ0n) is 12.9. The number of benzene rings is 2. The van der Waals surface area contributed by atoms with Crippen molar-refractivity contribution in [3.05, 3.63) is 75.8 Å². The maximum absolute atomic E-state index is 14.3. The molecule has 3 aromatic rings. The number of anilines is 1. The Balaban J connectivity index is 1.89. The number of carbonyl (C=O) groups is 1. The fourth-order valence-electron chi connectivity index (χ4n) is 3.33. The van der Waals surface area contributed by atoms with Gasteiger partial charge in [-0.15, -0.1) is 0 Å². The maximum Gasteiger partial charge on any atom is 0.259 e. The molecule has 5 heteroatoms. The van der Waals surface area contributed by atoms with E-state index in [0.717, 1.165) is 18.4 Å². The van der Waals surface area contributed by atoms with Crippen LogP contribution >= 0.6 is 0 Å². The number of nitrogens with one attached hydrogen (secondary N) is 1. The number of rotatable bonds is 1. The van der Waals surface area contributed by atoms with Gasteiger partial charge in [-0.25, -0.2) is 4.39 Å². The number of pyridine rings is 1. The second-order valence-corrected chi connectivity index (χ2v) is 5.90. The zero-order chi connectivity index (χ0) is 16.7. The summed E-state index contributed by atoms with van der Waals surface area (Å²) >= 11 is 0. The van der Waals surface area contributed by atoms with Crippen molar-refractivity contribution < 1.29 is 9.18 Å². The Bertz CT molecular complexity index is 1010. The molecule has 24 heavy (non-hydrogen) atoms. The number of hydrogen-bond donors (Lipinski definition) is 1. The Kier molecular flexibility index (Phi) is 3.41. The predicted octanol–water partition coefficient (Wildman–Crippen LogP) is 3.26. The number of halogens is 1. The Morgan fingerprint density at radius 1 is 1.12 bits per heavy atom. The summed E-state index contributed by atoms with van der Waals surface area (Å²) < 4.78 is 14.3. The van der Waals surface area contributed by atoms with E-state index in [1.807, 2.05) is 12.1 Å². The third-order valence-corrected chi connectivity index (χ3v) is 4.39. The average Bonchev–Trinajstić information content (AvgIpc) is 2.60. The lowest BCUT2D eigenvalue weighted by Crippen LogP contribution is -2.37. The summed E-state index contributed by atoms with van der Waals surface area (Å²) in [5.74, 6) is -0.752. The summed E-state index contributed by atoms with van der Waals surface area (Å²) in [5.41, 5.74) is 1.70. The van der Waals surface area contributed by atoms with E-state index in [-0.39, 0.29) is 11.5 Å². The lowest BCUT2D eigenvalue weighted by atomic mass is 9.99. The van der Waals surface area contributed by atoms with Crippen molar-refractivity contribution in [2.24, 2.45) is 0 Å². The fourth-order valence-corrected chi connectivity index (χ4v) is 3.33. The minimum atomic E-state index is -0.408. The van der Waals surface area contributed by atoms with Gasteiger partial charge in [0.1, 0.15) is 5.82 Å². The van der Waals surface area contributed by atoms with Crippen molar-refractivity contribution in [2.75, 3.05) is 11.4 Å². The van der Waals surface area contributed by atoms with Crippen LogP contribution in [0.1, 0.15) is 22.3 Å². The van der Waals surface area contributed by atoms with Crippen LogP contribution in [0, 0.1) is 5.82 Å². The first-order chi connectivity index (χ1) is 11.6. The molecule has 2 heterocycles. The number of fused-ring (bicyclic) bond motifs is 2. The number of nitrogens with zero attached hydrogens (tertiary/aromatic N) is 1. The molecule has 1 amide bonds. The van der Waals surface area contributed by atoms with Crippen LogP contribution in [0.15, 0.2) is 53.3 Å². The summed E-state index contributed by atoms with van der Waals surface area (Å²) in [6, 6.07) is 13.3. The average molecular weight is 322 g/mol. The van der Waals surface area contributed by atoms with Crippen LogP contribution in [0.5, 0.6) is 0 Å². The number of carbonyl (C=O) groups excluding carboxylic acids is 1. The van der Waals surface area contributed by atoms with E-state index >= 15 is 0 Å². The number of aryl methyl sites for hydroxylation is 1. The summed E-state index contributed by atoms with van der Waals surface area (Å²) in [5, 5.41) is 0.658. The van der Waals surface area contributed by atoms with Crippen LogP contribution in [0.3, 0.4) is 0 Å². The van der Waals surface area contributed by atoms with Crippen molar-refractivity contribution in [3.63, 3.8) is 0 Å². The lowest BCUT2D eigenvalue weighted by Gasteiger charge is -2.30. The molecule has 1 aliphatic heterocycles. The molecule has 2 aromatic carbocycles. The molecule has 0 fully saturated rings. The van der Waals surface area contributed by atoms with E-state index < -0.39 is 5.82 Å². The van der Waals surface area contributed by atoms with E-state index in [2.05, 4.69) is 4.98 Å². The van der Waals surface area contributed by atoms with Crippen LogP contribution in [0.25, 0.3) is 10.9 Å². The zero-order valence-corrected chi connectivity index (χ0v) is 12.9. The fraction of sp³-hybridized carbons (Fsp3) is 0.158. The molecule has 0 atom stereocenters. The van der Waals surface area contributed by atoms with Crippen LogP contribution < -0.4 is 10.5 Å². The molecule has 0 saturated heterocycles. The largest absolute Gasteiger partial charge is 0.322 e. The van der Waals surface area contributed by atoms with Crippen molar-refractivity contribution in [1.82, 2.24) is 4.98 Å². The van der Waals surface area contributed by atoms with Gasteiger partial charge in [-0.1, -0.05) is 30.3 Å². The standard InChI is InChI=1S/C19H15FN2O2/c20-15-8-3-5-12-6-4-10-22(18(12)15)19(24)14-11-17(23)21-16-9-2-1-7-13(14)16/h1-3,5,7-9,11H,4,6,10H2,(H,21,23). The number of hydrogen-bond acceptors (Lipinski definition) is 2. The molecule has 1 N–H and O–H groups in total. The highest BCUT2D eigenvalue weighted by molar-refractivity contribution is 6.13. The van der Waals surface area contributed by atoms with Gasteiger partial charge >= 0.3 is 0 Å². The van der Waals surface area contributed by atoms with E-state index in [4.69, 9.17) is 0 Å². The SMILES string of the molecule is O=C(c1cc(=O)[nH]c2ccccc12)N1CCCc2cccc(F)c21. The highest BCUT2D eigenvalue weighted by atomic mass is 19.1. The van der Waals surface area contributed by atoms with Crippen LogP contribution in [0.4, 0.5) is 10.1 Å². The number of para-hydroxylation sites is 2. The molecule has 120 valence electrons. The predicted molar refractivity (Wildman–Crippen MR) is 91.0 cm³/mol. The van der Waals surface area contributed by atoms with Gasteiger partial charge in [0, 0.05) is 23.5 Å². The Hall–Kier alpha value is -2.95. The Morgan fingerprint density at radius 3 is 2.83 bits per heavy atom.